The van der Waals surface area contributed by atoms with Crippen LogP contribution in [0.3, 0.4) is 0 Å². The number of fused-ring (bicyclic) bond motifs is 2. The zero-order valence-corrected chi connectivity index (χ0v) is 7.68. The summed E-state index contributed by atoms with van der Waals surface area (Å²) in [5.41, 5.74) is 0. The first-order valence-corrected chi connectivity index (χ1v) is 5.40. The Balaban J connectivity index is 1.78. The third-order valence-electron chi connectivity index (χ3n) is 3.81. The van der Waals surface area contributed by atoms with Gasteiger partial charge in [0.2, 0.25) is 0 Å². The fourth-order valence-corrected chi connectivity index (χ4v) is 3.20. The Kier molecular flexibility index (Phi) is 2.20. The van der Waals surface area contributed by atoms with Crippen LogP contribution in [-0.4, -0.2) is 0 Å². The molecule has 0 nitrogen and oxygen atoms in total. The number of hydrogen-bond donors (Lipinski definition) is 0. The first kappa shape index (κ1) is 7.64. The summed E-state index contributed by atoms with van der Waals surface area (Å²) in [6, 6.07) is 0. The molecule has 0 heterocycles. The predicted molar refractivity (Wildman–Crippen MR) is 48.5 cm³/mol. The predicted octanol–water partition coefficient (Wildman–Crippen LogP) is 3.61. The molecule has 2 rings (SSSR count). The molecule has 0 saturated heterocycles. The quantitative estimate of drug-likeness (QED) is 0.579. The second-order valence-corrected chi connectivity index (χ2v) is 4.58. The standard InChI is InChI=1S/C11H20/c1-2-3-4-10-7-9-5-6-11(10)8-9/h9-11H,2-8H2,1H3/t9-,10+,11+/m1/s1. The molecule has 0 spiro atoms. The van der Waals surface area contributed by atoms with Gasteiger partial charge in [-0.3, -0.25) is 0 Å². The van der Waals surface area contributed by atoms with Gasteiger partial charge >= 0.3 is 0 Å². The molecule has 0 aliphatic heterocycles. The number of rotatable bonds is 3. The zero-order valence-electron chi connectivity index (χ0n) is 7.68. The molecule has 0 aromatic heterocycles. The van der Waals surface area contributed by atoms with Crippen LogP contribution in [0.2, 0.25) is 0 Å². The average Bonchev–Trinajstić information content (AvgIpc) is 2.60. The monoisotopic (exact) mass is 152 g/mol. The molecule has 2 aliphatic carbocycles. The van der Waals surface area contributed by atoms with Crippen molar-refractivity contribution in [3.63, 3.8) is 0 Å². The van der Waals surface area contributed by atoms with Crippen molar-refractivity contribution in [1.29, 1.82) is 0 Å². The van der Waals surface area contributed by atoms with Gasteiger partial charge in [0.05, 0.1) is 0 Å². The van der Waals surface area contributed by atoms with Crippen molar-refractivity contribution in [2.45, 2.75) is 51.9 Å². The highest BCUT2D eigenvalue weighted by Gasteiger charge is 2.38. The summed E-state index contributed by atoms with van der Waals surface area (Å²) in [6.07, 6.45) is 10.7. The first-order chi connectivity index (χ1) is 5.40. The molecule has 0 N–H and O–H groups in total. The van der Waals surface area contributed by atoms with Gasteiger partial charge < -0.3 is 0 Å². The number of hydrogen-bond acceptors (Lipinski definition) is 0. The lowest BCUT2D eigenvalue weighted by molar-refractivity contribution is 0.307. The maximum Gasteiger partial charge on any atom is -0.0383 e. The van der Waals surface area contributed by atoms with Gasteiger partial charge in [-0.25, -0.2) is 0 Å². The van der Waals surface area contributed by atoms with Crippen LogP contribution < -0.4 is 0 Å². The summed E-state index contributed by atoms with van der Waals surface area (Å²) < 4.78 is 0. The second-order valence-electron chi connectivity index (χ2n) is 4.58. The highest BCUT2D eigenvalue weighted by Crippen LogP contribution is 2.49. The van der Waals surface area contributed by atoms with E-state index in [0.717, 1.165) is 17.8 Å². The van der Waals surface area contributed by atoms with Gasteiger partial charge in [-0.05, 0) is 37.0 Å². The third kappa shape index (κ3) is 1.45. The molecule has 11 heavy (non-hydrogen) atoms. The Morgan fingerprint density at radius 2 is 2.09 bits per heavy atom. The first-order valence-electron chi connectivity index (χ1n) is 5.40. The van der Waals surface area contributed by atoms with E-state index in [0.29, 0.717) is 0 Å². The van der Waals surface area contributed by atoms with Crippen molar-refractivity contribution in [3.8, 4) is 0 Å². The molecule has 2 saturated carbocycles. The molecule has 0 aromatic rings. The van der Waals surface area contributed by atoms with E-state index in [2.05, 4.69) is 6.92 Å². The summed E-state index contributed by atoms with van der Waals surface area (Å²) in [5, 5.41) is 0. The van der Waals surface area contributed by atoms with Gasteiger partial charge in [0, 0.05) is 0 Å². The highest BCUT2D eigenvalue weighted by molar-refractivity contribution is 4.89. The fraction of sp³-hybridized carbons (Fsp3) is 1.00. The minimum Gasteiger partial charge on any atom is -0.0654 e. The Bertz CT molecular complexity index is 128. The van der Waals surface area contributed by atoms with Crippen molar-refractivity contribution in [3.05, 3.63) is 0 Å². The van der Waals surface area contributed by atoms with Crippen LogP contribution in [0.15, 0.2) is 0 Å². The molecule has 2 fully saturated rings. The van der Waals surface area contributed by atoms with Crippen LogP contribution in [0.5, 0.6) is 0 Å². The summed E-state index contributed by atoms with van der Waals surface area (Å²) in [4.78, 5) is 0. The van der Waals surface area contributed by atoms with Crippen LogP contribution in [0.4, 0.5) is 0 Å². The van der Waals surface area contributed by atoms with Gasteiger partial charge in [0.15, 0.2) is 0 Å². The molecule has 0 heteroatoms. The molecule has 2 aliphatic rings. The van der Waals surface area contributed by atoms with Gasteiger partial charge in [0.25, 0.3) is 0 Å². The number of unbranched alkanes of at least 4 members (excludes halogenated alkanes) is 1. The van der Waals surface area contributed by atoms with E-state index in [4.69, 9.17) is 0 Å². The van der Waals surface area contributed by atoms with Crippen molar-refractivity contribution >= 4 is 0 Å². The minimum absolute atomic E-state index is 1.15. The molecule has 0 radical (unpaired) electrons. The largest absolute Gasteiger partial charge is 0.0654 e. The lowest BCUT2D eigenvalue weighted by Crippen LogP contribution is -2.09. The van der Waals surface area contributed by atoms with Crippen LogP contribution in [0, 0.1) is 17.8 Å². The van der Waals surface area contributed by atoms with Crippen molar-refractivity contribution < 1.29 is 0 Å². The van der Waals surface area contributed by atoms with E-state index < -0.39 is 0 Å². The summed E-state index contributed by atoms with van der Waals surface area (Å²) in [5.74, 6) is 3.46. The average molecular weight is 152 g/mol. The van der Waals surface area contributed by atoms with Crippen LogP contribution in [-0.2, 0) is 0 Å². The van der Waals surface area contributed by atoms with E-state index in [1.807, 2.05) is 0 Å². The summed E-state index contributed by atoms with van der Waals surface area (Å²) in [7, 11) is 0. The Hall–Kier alpha value is 0. The van der Waals surface area contributed by atoms with Crippen LogP contribution >= 0.6 is 0 Å². The highest BCUT2D eigenvalue weighted by atomic mass is 14.4. The van der Waals surface area contributed by atoms with Crippen molar-refractivity contribution in [2.75, 3.05) is 0 Å². The lowest BCUT2D eigenvalue weighted by atomic mass is 9.85. The normalized spacial score (nSPS) is 41.7. The smallest absolute Gasteiger partial charge is 0.0383 e. The van der Waals surface area contributed by atoms with E-state index in [1.54, 1.807) is 25.7 Å². The minimum atomic E-state index is 1.15. The molecule has 0 aromatic carbocycles. The molecular formula is C11H20. The maximum atomic E-state index is 2.31. The topological polar surface area (TPSA) is 0 Å². The van der Waals surface area contributed by atoms with Crippen LogP contribution in [0.1, 0.15) is 51.9 Å². The zero-order chi connectivity index (χ0) is 7.68. The SMILES string of the molecule is CCCC[C@H]1C[C@H]2CC[C@H]1C2. The summed E-state index contributed by atoms with van der Waals surface area (Å²) >= 11 is 0. The van der Waals surface area contributed by atoms with E-state index in [9.17, 15) is 0 Å². The van der Waals surface area contributed by atoms with Crippen molar-refractivity contribution in [2.24, 2.45) is 17.8 Å². The Morgan fingerprint density at radius 3 is 2.64 bits per heavy atom. The molecular weight excluding hydrogens is 132 g/mol. The van der Waals surface area contributed by atoms with Crippen LogP contribution in [0.25, 0.3) is 0 Å². The van der Waals surface area contributed by atoms with E-state index in [1.165, 1.54) is 19.3 Å². The molecule has 3 atom stereocenters. The fourth-order valence-electron chi connectivity index (χ4n) is 3.20. The van der Waals surface area contributed by atoms with E-state index in [-0.39, 0.29) is 0 Å². The summed E-state index contributed by atoms with van der Waals surface area (Å²) in [6.45, 7) is 2.31. The molecule has 0 unspecified atom stereocenters. The lowest BCUT2D eigenvalue weighted by Gasteiger charge is -2.20. The van der Waals surface area contributed by atoms with Gasteiger partial charge in [0.1, 0.15) is 0 Å². The third-order valence-corrected chi connectivity index (χ3v) is 3.81. The van der Waals surface area contributed by atoms with Gasteiger partial charge in [-0.1, -0.05) is 32.6 Å². The molecule has 0 amide bonds. The maximum absolute atomic E-state index is 2.31. The Morgan fingerprint density at radius 1 is 1.18 bits per heavy atom. The Labute approximate surface area is 70.4 Å². The van der Waals surface area contributed by atoms with E-state index >= 15 is 0 Å². The van der Waals surface area contributed by atoms with Crippen molar-refractivity contribution in [1.82, 2.24) is 0 Å². The second kappa shape index (κ2) is 3.16. The van der Waals surface area contributed by atoms with Gasteiger partial charge in [-0.15, -0.1) is 0 Å². The molecule has 64 valence electrons. The molecule has 2 bridgehead atoms. The van der Waals surface area contributed by atoms with Gasteiger partial charge in [-0.2, -0.15) is 0 Å².